The van der Waals surface area contributed by atoms with E-state index in [2.05, 4.69) is 0 Å². The number of aliphatic carboxylic acids is 2. The van der Waals surface area contributed by atoms with Gasteiger partial charge in [0.2, 0.25) is 0 Å². The van der Waals surface area contributed by atoms with Crippen molar-refractivity contribution < 1.29 is 40.9 Å². The minimum Gasteiger partial charge on any atom is -0.550 e. The monoisotopic (exact) mass is 354 g/mol. The predicted octanol–water partition coefficient (Wildman–Crippen LogP) is -1.96. The van der Waals surface area contributed by atoms with Crippen LogP contribution in [0.15, 0.2) is 0 Å². The standard InChI is InChI=1S/C2H3N.2C2H4O2.Pt/c1-2-3;2*1-2(3)4;/h1H3;2*1H3,(H,3,4);/q;;;+2/p-2. The molecule has 0 heterocycles. The molecule has 72 valence electrons. The molecule has 0 fully saturated rings. The first-order valence-corrected chi connectivity index (χ1v) is 2.54. The molecular formula is C6H9NO4Pt. The number of carbonyl (C=O) groups is 2. The third-order valence-electron chi connectivity index (χ3n) is 0. The number of hydrogen-bond donors (Lipinski definition) is 0. The number of rotatable bonds is 0. The van der Waals surface area contributed by atoms with E-state index in [4.69, 9.17) is 25.1 Å². The zero-order valence-electron chi connectivity index (χ0n) is 6.90. The van der Waals surface area contributed by atoms with Crippen molar-refractivity contribution in [3.8, 4) is 6.07 Å². The van der Waals surface area contributed by atoms with Crippen LogP contribution in [0.3, 0.4) is 0 Å². The van der Waals surface area contributed by atoms with Gasteiger partial charge < -0.3 is 19.8 Å². The van der Waals surface area contributed by atoms with Gasteiger partial charge in [-0.3, -0.25) is 0 Å². The topological polar surface area (TPSA) is 104 Å². The zero-order valence-corrected chi connectivity index (χ0v) is 9.17. The molecule has 0 radical (unpaired) electrons. The summed E-state index contributed by atoms with van der Waals surface area (Å²) in [6.07, 6.45) is 0. The molecule has 0 saturated carbocycles. The van der Waals surface area contributed by atoms with Crippen LogP contribution >= 0.6 is 0 Å². The number of carbonyl (C=O) groups excluding carboxylic acids is 2. The van der Waals surface area contributed by atoms with Crippen molar-refractivity contribution in [2.75, 3.05) is 0 Å². The fourth-order valence-corrected chi connectivity index (χ4v) is 0. The minimum atomic E-state index is -1.08. The Kier molecular flexibility index (Phi) is 42.1. The molecule has 0 rings (SSSR count). The van der Waals surface area contributed by atoms with Gasteiger partial charge in [-0.15, -0.1) is 0 Å². The largest absolute Gasteiger partial charge is 2.00 e. The summed E-state index contributed by atoms with van der Waals surface area (Å²) in [5.41, 5.74) is 0. The molecule has 0 bridgehead atoms. The maximum Gasteiger partial charge on any atom is 2.00 e. The molecule has 5 nitrogen and oxygen atoms in total. The summed E-state index contributed by atoms with van der Waals surface area (Å²) in [6, 6.07) is 1.75. The van der Waals surface area contributed by atoms with Crippen LogP contribution in [-0.2, 0) is 30.7 Å². The summed E-state index contributed by atoms with van der Waals surface area (Å²) in [7, 11) is 0. The van der Waals surface area contributed by atoms with E-state index in [1.165, 1.54) is 6.92 Å². The Bertz CT molecular complexity index is 132. The molecule has 0 aromatic rings. The Morgan fingerprint density at radius 3 is 1.17 bits per heavy atom. The summed E-state index contributed by atoms with van der Waals surface area (Å²) in [6.45, 7) is 3.38. The second-order valence-corrected chi connectivity index (χ2v) is 1.21. The van der Waals surface area contributed by atoms with Gasteiger partial charge in [-0.25, -0.2) is 0 Å². The maximum absolute atomic E-state index is 8.89. The quantitative estimate of drug-likeness (QED) is 0.502. The molecule has 0 amide bonds. The van der Waals surface area contributed by atoms with Crippen LogP contribution in [0.1, 0.15) is 20.8 Å². The van der Waals surface area contributed by atoms with Gasteiger partial charge in [-0.05, 0) is 13.8 Å². The summed E-state index contributed by atoms with van der Waals surface area (Å²) < 4.78 is 0. The van der Waals surface area contributed by atoms with Crippen LogP contribution in [0.5, 0.6) is 0 Å². The Morgan fingerprint density at radius 2 is 1.17 bits per heavy atom. The first kappa shape index (κ1) is 22.5. The zero-order chi connectivity index (χ0) is 9.86. The van der Waals surface area contributed by atoms with Crippen LogP contribution in [-0.4, -0.2) is 11.9 Å². The third-order valence-corrected chi connectivity index (χ3v) is 0. The number of nitrogens with zero attached hydrogens (tertiary/aromatic N) is 1. The molecule has 0 saturated heterocycles. The Labute approximate surface area is 85.3 Å². The van der Waals surface area contributed by atoms with Gasteiger partial charge in [0.15, 0.2) is 0 Å². The summed E-state index contributed by atoms with van der Waals surface area (Å²) in [5, 5.41) is 25.1. The van der Waals surface area contributed by atoms with Gasteiger partial charge in [0.1, 0.15) is 0 Å². The van der Waals surface area contributed by atoms with Crippen molar-refractivity contribution in [1.29, 1.82) is 5.26 Å². The average molecular weight is 354 g/mol. The molecule has 0 unspecified atom stereocenters. The molecular weight excluding hydrogens is 345 g/mol. The van der Waals surface area contributed by atoms with Crippen molar-refractivity contribution in [2.24, 2.45) is 0 Å². The fourth-order valence-electron chi connectivity index (χ4n) is 0. The normalized spacial score (nSPS) is 4.83. The Hall–Kier alpha value is -0.882. The van der Waals surface area contributed by atoms with Crippen LogP contribution in [0.2, 0.25) is 0 Å². The van der Waals surface area contributed by atoms with Crippen LogP contribution in [0.4, 0.5) is 0 Å². The first-order chi connectivity index (χ1) is 4.88. The van der Waals surface area contributed by atoms with Crippen molar-refractivity contribution in [1.82, 2.24) is 0 Å². The molecule has 0 aromatic carbocycles. The number of carboxylic acids is 2. The molecule has 0 aliphatic heterocycles. The van der Waals surface area contributed by atoms with E-state index in [0.29, 0.717) is 0 Å². The van der Waals surface area contributed by atoms with Crippen LogP contribution in [0, 0.1) is 11.3 Å². The van der Waals surface area contributed by atoms with Crippen molar-refractivity contribution in [3.05, 3.63) is 0 Å². The van der Waals surface area contributed by atoms with Gasteiger partial charge >= 0.3 is 21.1 Å². The van der Waals surface area contributed by atoms with Gasteiger partial charge in [0, 0.05) is 18.9 Å². The van der Waals surface area contributed by atoms with E-state index in [-0.39, 0.29) is 21.1 Å². The van der Waals surface area contributed by atoms with Crippen molar-refractivity contribution in [2.45, 2.75) is 20.8 Å². The summed E-state index contributed by atoms with van der Waals surface area (Å²) in [5.74, 6) is -2.17. The first-order valence-electron chi connectivity index (χ1n) is 2.54. The second kappa shape index (κ2) is 22.5. The molecule has 0 aromatic heterocycles. The minimum absolute atomic E-state index is 0. The van der Waals surface area contributed by atoms with E-state index in [1.807, 2.05) is 0 Å². The average Bonchev–Trinajstić information content (AvgIpc) is 1.60. The van der Waals surface area contributed by atoms with Gasteiger partial charge in [0.05, 0.1) is 6.07 Å². The van der Waals surface area contributed by atoms with Crippen LogP contribution < -0.4 is 10.2 Å². The van der Waals surface area contributed by atoms with Crippen molar-refractivity contribution in [3.63, 3.8) is 0 Å². The van der Waals surface area contributed by atoms with E-state index in [1.54, 1.807) is 6.07 Å². The van der Waals surface area contributed by atoms with Crippen LogP contribution in [0.25, 0.3) is 0 Å². The SMILES string of the molecule is CC#N.CC(=O)[O-].CC(=O)[O-].[Pt+2]. The van der Waals surface area contributed by atoms with Gasteiger partial charge in [-0.1, -0.05) is 0 Å². The molecule has 12 heavy (non-hydrogen) atoms. The van der Waals surface area contributed by atoms with Gasteiger partial charge in [-0.2, -0.15) is 5.26 Å². The fraction of sp³-hybridized carbons (Fsp3) is 0.500. The number of carboxylic acid groups (broad SMARTS) is 2. The number of nitriles is 1. The summed E-state index contributed by atoms with van der Waals surface area (Å²) >= 11 is 0. The second-order valence-electron chi connectivity index (χ2n) is 1.21. The maximum atomic E-state index is 8.89. The van der Waals surface area contributed by atoms with Gasteiger partial charge in [0.25, 0.3) is 0 Å². The third kappa shape index (κ3) is 773. The molecule has 0 atom stereocenters. The molecule has 6 heteroatoms. The Morgan fingerprint density at radius 1 is 1.17 bits per heavy atom. The summed E-state index contributed by atoms with van der Waals surface area (Å²) in [4.78, 5) is 17.8. The van der Waals surface area contributed by atoms with E-state index < -0.39 is 11.9 Å². The Balaban J connectivity index is -0.0000000389. The van der Waals surface area contributed by atoms with E-state index in [0.717, 1.165) is 13.8 Å². The molecule has 0 spiro atoms. The van der Waals surface area contributed by atoms with E-state index in [9.17, 15) is 0 Å². The molecule has 0 N–H and O–H groups in total. The van der Waals surface area contributed by atoms with E-state index >= 15 is 0 Å². The molecule has 0 aliphatic rings. The predicted molar refractivity (Wildman–Crippen MR) is 32.6 cm³/mol. The number of hydrogen-bond acceptors (Lipinski definition) is 5. The molecule has 0 aliphatic carbocycles. The van der Waals surface area contributed by atoms with Crippen molar-refractivity contribution >= 4 is 11.9 Å². The smallest absolute Gasteiger partial charge is 0.550 e.